The van der Waals surface area contributed by atoms with Gasteiger partial charge in [-0.2, -0.15) is 0 Å². The van der Waals surface area contributed by atoms with Crippen molar-refractivity contribution in [3.63, 3.8) is 0 Å². The Kier molecular flexibility index (Phi) is 4.15. The molecule has 0 amide bonds. The van der Waals surface area contributed by atoms with Crippen LogP contribution in [0.3, 0.4) is 0 Å². The van der Waals surface area contributed by atoms with E-state index in [1.165, 1.54) is 15.6 Å². The summed E-state index contributed by atoms with van der Waals surface area (Å²) in [6.07, 6.45) is 0.978. The number of nitrogens with one attached hydrogen (secondary N) is 1. The van der Waals surface area contributed by atoms with Crippen LogP contribution >= 0.6 is 11.3 Å². The highest BCUT2D eigenvalue weighted by Gasteiger charge is 2.22. The Hall–Kier alpha value is -0.900. The molecular formula is C14H19NOS. The Bertz CT molecular complexity index is 476. The SMILES string of the molecule is CCC(CO)C(NC)c1csc2ccccc12. The topological polar surface area (TPSA) is 32.3 Å². The number of aliphatic hydroxyl groups excluding tert-OH is 1. The molecule has 0 saturated heterocycles. The van der Waals surface area contributed by atoms with Gasteiger partial charge in [0.2, 0.25) is 0 Å². The zero-order chi connectivity index (χ0) is 12.3. The van der Waals surface area contributed by atoms with Gasteiger partial charge in [0.1, 0.15) is 0 Å². The number of hydrogen-bond acceptors (Lipinski definition) is 3. The minimum atomic E-state index is 0.228. The lowest BCUT2D eigenvalue weighted by atomic mass is 9.91. The van der Waals surface area contributed by atoms with E-state index in [-0.39, 0.29) is 18.6 Å². The van der Waals surface area contributed by atoms with Crippen molar-refractivity contribution in [2.45, 2.75) is 19.4 Å². The summed E-state index contributed by atoms with van der Waals surface area (Å²) in [5, 5.41) is 16.3. The molecular weight excluding hydrogens is 230 g/mol. The van der Waals surface area contributed by atoms with Crippen LogP contribution in [0.2, 0.25) is 0 Å². The highest BCUT2D eigenvalue weighted by Crippen LogP contribution is 2.34. The molecule has 1 aromatic heterocycles. The first-order valence-electron chi connectivity index (χ1n) is 6.06. The molecule has 0 bridgehead atoms. The van der Waals surface area contributed by atoms with Gasteiger partial charge >= 0.3 is 0 Å². The summed E-state index contributed by atoms with van der Waals surface area (Å²) in [6, 6.07) is 8.69. The molecule has 0 saturated carbocycles. The number of aliphatic hydroxyl groups is 1. The fourth-order valence-electron chi connectivity index (χ4n) is 2.35. The van der Waals surface area contributed by atoms with Crippen LogP contribution in [0.5, 0.6) is 0 Å². The first-order valence-corrected chi connectivity index (χ1v) is 6.94. The lowest BCUT2D eigenvalue weighted by Crippen LogP contribution is -2.27. The van der Waals surface area contributed by atoms with Crippen molar-refractivity contribution < 1.29 is 5.11 Å². The number of thiophene rings is 1. The van der Waals surface area contributed by atoms with Gasteiger partial charge in [-0.3, -0.25) is 0 Å². The summed E-state index contributed by atoms with van der Waals surface area (Å²) in [7, 11) is 1.97. The van der Waals surface area contributed by atoms with Gasteiger partial charge in [0.25, 0.3) is 0 Å². The first-order chi connectivity index (χ1) is 8.31. The van der Waals surface area contributed by atoms with Gasteiger partial charge in [0.15, 0.2) is 0 Å². The molecule has 3 heteroatoms. The maximum atomic E-state index is 9.46. The molecule has 2 atom stereocenters. The minimum Gasteiger partial charge on any atom is -0.396 e. The summed E-state index contributed by atoms with van der Waals surface area (Å²) in [5.41, 5.74) is 1.31. The molecule has 2 unspecified atom stereocenters. The Labute approximate surface area is 106 Å². The molecule has 0 aliphatic rings. The second kappa shape index (κ2) is 5.63. The van der Waals surface area contributed by atoms with Crippen molar-refractivity contribution in [3.05, 3.63) is 35.2 Å². The van der Waals surface area contributed by atoms with Crippen LogP contribution in [0.1, 0.15) is 24.9 Å². The Balaban J connectivity index is 2.42. The number of fused-ring (bicyclic) bond motifs is 1. The van der Waals surface area contributed by atoms with Crippen molar-refractivity contribution in [2.24, 2.45) is 5.92 Å². The fourth-order valence-corrected chi connectivity index (χ4v) is 3.35. The van der Waals surface area contributed by atoms with Crippen LogP contribution in [0.4, 0.5) is 0 Å². The summed E-state index contributed by atoms with van der Waals surface area (Å²) in [5.74, 6) is 0.276. The standard InChI is InChI=1S/C14H19NOS/c1-3-10(8-16)14(15-2)12-9-17-13-7-5-4-6-11(12)13/h4-7,9-10,14-16H,3,8H2,1-2H3. The zero-order valence-corrected chi connectivity index (χ0v) is 11.1. The maximum absolute atomic E-state index is 9.46. The molecule has 1 aromatic carbocycles. The third-order valence-electron chi connectivity index (χ3n) is 3.39. The normalized spacial score (nSPS) is 15.0. The van der Waals surface area contributed by atoms with E-state index in [4.69, 9.17) is 0 Å². The lowest BCUT2D eigenvalue weighted by molar-refractivity contribution is 0.190. The van der Waals surface area contributed by atoms with E-state index in [1.54, 1.807) is 11.3 Å². The molecule has 92 valence electrons. The average molecular weight is 249 g/mol. The molecule has 17 heavy (non-hydrogen) atoms. The Morgan fingerprint density at radius 1 is 1.35 bits per heavy atom. The van der Waals surface area contributed by atoms with E-state index in [9.17, 15) is 5.11 Å². The number of hydrogen-bond donors (Lipinski definition) is 2. The largest absolute Gasteiger partial charge is 0.396 e. The summed E-state index contributed by atoms with van der Waals surface area (Å²) in [6.45, 7) is 2.35. The molecule has 2 nitrogen and oxygen atoms in total. The van der Waals surface area contributed by atoms with Crippen LogP contribution in [-0.2, 0) is 0 Å². The van der Waals surface area contributed by atoms with E-state index >= 15 is 0 Å². The molecule has 1 heterocycles. The van der Waals surface area contributed by atoms with Gasteiger partial charge < -0.3 is 10.4 Å². The summed E-state index contributed by atoms with van der Waals surface area (Å²) >= 11 is 1.77. The van der Waals surface area contributed by atoms with Crippen molar-refractivity contribution in [2.75, 3.05) is 13.7 Å². The van der Waals surface area contributed by atoms with Crippen molar-refractivity contribution in [1.82, 2.24) is 5.32 Å². The van der Waals surface area contributed by atoms with Crippen LogP contribution in [-0.4, -0.2) is 18.8 Å². The molecule has 0 fully saturated rings. The van der Waals surface area contributed by atoms with E-state index in [0.29, 0.717) is 0 Å². The predicted octanol–water partition coefficient (Wildman–Crippen LogP) is 3.18. The quantitative estimate of drug-likeness (QED) is 0.853. The van der Waals surface area contributed by atoms with Gasteiger partial charge in [-0.15, -0.1) is 11.3 Å². The van der Waals surface area contributed by atoms with Crippen molar-refractivity contribution in [3.8, 4) is 0 Å². The van der Waals surface area contributed by atoms with Gasteiger partial charge in [-0.25, -0.2) is 0 Å². The van der Waals surface area contributed by atoms with E-state index in [2.05, 4.69) is 41.9 Å². The molecule has 0 spiro atoms. The van der Waals surface area contributed by atoms with Crippen LogP contribution in [0.15, 0.2) is 29.6 Å². The average Bonchev–Trinajstić information content (AvgIpc) is 2.79. The Morgan fingerprint density at radius 3 is 2.76 bits per heavy atom. The third-order valence-corrected chi connectivity index (χ3v) is 4.37. The highest BCUT2D eigenvalue weighted by molar-refractivity contribution is 7.17. The molecule has 2 rings (SSSR count). The smallest absolute Gasteiger partial charge is 0.0477 e. The van der Waals surface area contributed by atoms with E-state index in [1.807, 2.05) is 7.05 Å². The molecule has 2 N–H and O–H groups in total. The third kappa shape index (κ3) is 2.37. The second-order valence-electron chi connectivity index (χ2n) is 4.30. The van der Waals surface area contributed by atoms with Crippen molar-refractivity contribution >= 4 is 21.4 Å². The van der Waals surface area contributed by atoms with Crippen LogP contribution < -0.4 is 5.32 Å². The predicted molar refractivity (Wildman–Crippen MR) is 74.5 cm³/mol. The van der Waals surface area contributed by atoms with Gasteiger partial charge in [0.05, 0.1) is 0 Å². The maximum Gasteiger partial charge on any atom is 0.0477 e. The Morgan fingerprint density at radius 2 is 2.12 bits per heavy atom. The zero-order valence-electron chi connectivity index (χ0n) is 10.3. The van der Waals surface area contributed by atoms with Crippen LogP contribution in [0, 0.1) is 5.92 Å². The summed E-state index contributed by atoms with van der Waals surface area (Å²) in [4.78, 5) is 0. The van der Waals surface area contributed by atoms with Crippen molar-refractivity contribution in [1.29, 1.82) is 0 Å². The number of benzene rings is 1. The van der Waals surface area contributed by atoms with Gasteiger partial charge in [0, 0.05) is 23.3 Å². The highest BCUT2D eigenvalue weighted by atomic mass is 32.1. The van der Waals surface area contributed by atoms with E-state index in [0.717, 1.165) is 6.42 Å². The minimum absolute atomic E-state index is 0.228. The van der Waals surface area contributed by atoms with Crippen LogP contribution in [0.25, 0.3) is 10.1 Å². The second-order valence-corrected chi connectivity index (χ2v) is 5.22. The molecule has 0 aliphatic carbocycles. The van der Waals surface area contributed by atoms with Gasteiger partial charge in [-0.1, -0.05) is 25.1 Å². The molecule has 0 aliphatic heterocycles. The van der Waals surface area contributed by atoms with E-state index < -0.39 is 0 Å². The lowest BCUT2D eigenvalue weighted by Gasteiger charge is -2.24. The number of rotatable bonds is 5. The molecule has 0 radical (unpaired) electrons. The summed E-state index contributed by atoms with van der Waals surface area (Å²) < 4.78 is 1.32. The fraction of sp³-hybridized carbons (Fsp3) is 0.429. The monoisotopic (exact) mass is 249 g/mol. The first kappa shape index (κ1) is 12.6. The van der Waals surface area contributed by atoms with Gasteiger partial charge in [-0.05, 0) is 35.9 Å². The molecule has 2 aromatic rings.